The number of halogens is 1. The lowest BCUT2D eigenvalue weighted by atomic mass is 10.2. The van der Waals surface area contributed by atoms with E-state index < -0.39 is 0 Å². The van der Waals surface area contributed by atoms with Crippen LogP contribution < -0.4 is 15.8 Å². The highest BCUT2D eigenvalue weighted by Crippen LogP contribution is 2.23. The molecule has 104 valence electrons. The minimum absolute atomic E-state index is 0.0657. The Hall–Kier alpha value is -2.01. The van der Waals surface area contributed by atoms with Crippen molar-refractivity contribution in [2.75, 3.05) is 17.7 Å². The maximum Gasteiger partial charge on any atom is 0.262 e. The molecule has 0 bridgehead atoms. The second-order valence-corrected chi connectivity index (χ2v) is 5.25. The summed E-state index contributed by atoms with van der Waals surface area (Å²) in [5, 5.41) is 2.78. The molecule has 0 aliphatic heterocycles. The molecular formula is C15H15BrN2O2. The predicted molar refractivity (Wildman–Crippen MR) is 83.9 cm³/mol. The summed E-state index contributed by atoms with van der Waals surface area (Å²) >= 11 is 3.41. The molecule has 0 heterocycles. The van der Waals surface area contributed by atoms with E-state index in [4.69, 9.17) is 10.5 Å². The Bertz CT molecular complexity index is 629. The van der Waals surface area contributed by atoms with Gasteiger partial charge in [0.2, 0.25) is 0 Å². The summed E-state index contributed by atoms with van der Waals surface area (Å²) in [6, 6.07) is 12.7. The lowest BCUT2D eigenvalue weighted by Gasteiger charge is -2.09. The van der Waals surface area contributed by atoms with Crippen molar-refractivity contribution in [3.05, 3.63) is 52.5 Å². The van der Waals surface area contributed by atoms with Crippen LogP contribution in [0.3, 0.4) is 0 Å². The predicted octanol–water partition coefficient (Wildman–Crippen LogP) is 3.36. The largest absolute Gasteiger partial charge is 0.484 e. The summed E-state index contributed by atoms with van der Waals surface area (Å²) in [4.78, 5) is 11.8. The molecule has 2 aromatic rings. The van der Waals surface area contributed by atoms with E-state index in [1.165, 1.54) is 0 Å². The SMILES string of the molecule is Cc1ccc(NC(=O)COc2cccc(N)c2)c(Br)c1. The Balaban J connectivity index is 1.92. The average molecular weight is 335 g/mol. The van der Waals surface area contributed by atoms with Crippen molar-refractivity contribution in [2.24, 2.45) is 0 Å². The zero-order valence-electron chi connectivity index (χ0n) is 11.0. The van der Waals surface area contributed by atoms with Gasteiger partial charge in [-0.3, -0.25) is 4.79 Å². The molecule has 2 rings (SSSR count). The highest BCUT2D eigenvalue weighted by atomic mass is 79.9. The molecular weight excluding hydrogens is 320 g/mol. The maximum atomic E-state index is 11.8. The summed E-state index contributed by atoms with van der Waals surface area (Å²) in [6.45, 7) is 1.92. The fourth-order valence-corrected chi connectivity index (χ4v) is 2.25. The molecule has 0 atom stereocenters. The number of rotatable bonds is 4. The van der Waals surface area contributed by atoms with E-state index in [1.807, 2.05) is 25.1 Å². The van der Waals surface area contributed by atoms with E-state index in [-0.39, 0.29) is 12.5 Å². The summed E-state index contributed by atoms with van der Waals surface area (Å²) in [7, 11) is 0. The van der Waals surface area contributed by atoms with Gasteiger partial charge in [-0.25, -0.2) is 0 Å². The summed E-state index contributed by atoms with van der Waals surface area (Å²) in [5.41, 5.74) is 8.07. The number of hydrogen-bond donors (Lipinski definition) is 2. The molecule has 0 unspecified atom stereocenters. The fourth-order valence-electron chi connectivity index (χ4n) is 1.66. The van der Waals surface area contributed by atoms with Crippen LogP contribution in [0.2, 0.25) is 0 Å². The van der Waals surface area contributed by atoms with Gasteiger partial charge >= 0.3 is 0 Å². The van der Waals surface area contributed by atoms with Gasteiger partial charge in [-0.2, -0.15) is 0 Å². The lowest BCUT2D eigenvalue weighted by Crippen LogP contribution is -2.20. The Morgan fingerprint density at radius 1 is 1.30 bits per heavy atom. The van der Waals surface area contributed by atoms with Crippen molar-refractivity contribution >= 4 is 33.2 Å². The number of anilines is 2. The monoisotopic (exact) mass is 334 g/mol. The number of benzene rings is 2. The third-order valence-electron chi connectivity index (χ3n) is 2.63. The van der Waals surface area contributed by atoms with Gasteiger partial charge < -0.3 is 15.8 Å². The van der Waals surface area contributed by atoms with Gasteiger partial charge in [-0.1, -0.05) is 12.1 Å². The van der Waals surface area contributed by atoms with Gasteiger partial charge in [0.25, 0.3) is 5.91 Å². The Kier molecular flexibility index (Phi) is 4.63. The first-order chi connectivity index (χ1) is 9.54. The molecule has 1 amide bonds. The van der Waals surface area contributed by atoms with Crippen LogP contribution in [0, 0.1) is 6.92 Å². The van der Waals surface area contributed by atoms with Crippen LogP contribution in [0.15, 0.2) is 46.9 Å². The van der Waals surface area contributed by atoms with Gasteiger partial charge in [0, 0.05) is 16.2 Å². The number of hydrogen-bond acceptors (Lipinski definition) is 3. The number of carbonyl (C=O) groups excluding carboxylic acids is 1. The molecule has 2 aromatic carbocycles. The molecule has 4 nitrogen and oxygen atoms in total. The smallest absolute Gasteiger partial charge is 0.262 e. The van der Waals surface area contributed by atoms with Crippen LogP contribution in [-0.2, 0) is 4.79 Å². The zero-order valence-corrected chi connectivity index (χ0v) is 12.6. The first-order valence-electron chi connectivity index (χ1n) is 6.09. The molecule has 0 aromatic heterocycles. The molecule has 5 heteroatoms. The van der Waals surface area contributed by atoms with Gasteiger partial charge in [-0.05, 0) is 52.7 Å². The molecule has 0 spiro atoms. The van der Waals surface area contributed by atoms with Gasteiger partial charge in [-0.15, -0.1) is 0 Å². The van der Waals surface area contributed by atoms with Crippen molar-refractivity contribution in [1.82, 2.24) is 0 Å². The number of carbonyl (C=O) groups is 1. The van der Waals surface area contributed by atoms with E-state index in [0.29, 0.717) is 11.4 Å². The highest BCUT2D eigenvalue weighted by molar-refractivity contribution is 9.10. The van der Waals surface area contributed by atoms with E-state index in [0.717, 1.165) is 15.7 Å². The van der Waals surface area contributed by atoms with Crippen molar-refractivity contribution in [3.8, 4) is 5.75 Å². The highest BCUT2D eigenvalue weighted by Gasteiger charge is 2.06. The van der Waals surface area contributed by atoms with Crippen LogP contribution in [0.5, 0.6) is 5.75 Å². The van der Waals surface area contributed by atoms with Crippen molar-refractivity contribution < 1.29 is 9.53 Å². The zero-order chi connectivity index (χ0) is 14.5. The van der Waals surface area contributed by atoms with Crippen molar-refractivity contribution in [1.29, 1.82) is 0 Å². The van der Waals surface area contributed by atoms with E-state index in [9.17, 15) is 4.79 Å². The Morgan fingerprint density at radius 2 is 2.10 bits per heavy atom. The average Bonchev–Trinajstić information content (AvgIpc) is 2.40. The maximum absolute atomic E-state index is 11.8. The minimum Gasteiger partial charge on any atom is -0.484 e. The molecule has 3 N–H and O–H groups in total. The summed E-state index contributed by atoms with van der Waals surface area (Å²) < 4.78 is 6.22. The minimum atomic E-state index is -0.225. The molecule has 0 radical (unpaired) electrons. The van der Waals surface area contributed by atoms with E-state index >= 15 is 0 Å². The number of amides is 1. The Morgan fingerprint density at radius 3 is 2.80 bits per heavy atom. The number of nitrogen functional groups attached to an aromatic ring is 1. The second-order valence-electron chi connectivity index (χ2n) is 4.39. The summed E-state index contributed by atoms with van der Waals surface area (Å²) in [6.07, 6.45) is 0. The van der Waals surface area contributed by atoms with Gasteiger partial charge in [0.1, 0.15) is 5.75 Å². The molecule has 20 heavy (non-hydrogen) atoms. The first-order valence-corrected chi connectivity index (χ1v) is 6.88. The number of aryl methyl sites for hydroxylation is 1. The van der Waals surface area contributed by atoms with E-state index in [1.54, 1.807) is 24.3 Å². The summed E-state index contributed by atoms with van der Waals surface area (Å²) in [5.74, 6) is 0.347. The lowest BCUT2D eigenvalue weighted by molar-refractivity contribution is -0.118. The van der Waals surface area contributed by atoms with Gasteiger partial charge in [0.15, 0.2) is 6.61 Å². The third-order valence-corrected chi connectivity index (χ3v) is 3.28. The van der Waals surface area contributed by atoms with Crippen molar-refractivity contribution in [3.63, 3.8) is 0 Å². The topological polar surface area (TPSA) is 64.3 Å². The molecule has 0 aliphatic rings. The molecule has 0 saturated heterocycles. The van der Waals surface area contributed by atoms with Crippen LogP contribution in [-0.4, -0.2) is 12.5 Å². The van der Waals surface area contributed by atoms with Crippen LogP contribution in [0.1, 0.15) is 5.56 Å². The number of nitrogens with one attached hydrogen (secondary N) is 1. The quantitative estimate of drug-likeness (QED) is 0.842. The molecule has 0 saturated carbocycles. The second kappa shape index (κ2) is 6.43. The van der Waals surface area contributed by atoms with Crippen LogP contribution >= 0.6 is 15.9 Å². The molecule has 0 aliphatic carbocycles. The standard InChI is InChI=1S/C15H15BrN2O2/c1-10-5-6-14(13(16)7-10)18-15(19)9-20-12-4-2-3-11(17)8-12/h2-8H,9,17H2,1H3,(H,18,19). The molecule has 0 fully saturated rings. The van der Waals surface area contributed by atoms with Crippen LogP contribution in [0.4, 0.5) is 11.4 Å². The van der Waals surface area contributed by atoms with E-state index in [2.05, 4.69) is 21.2 Å². The number of ether oxygens (including phenoxy) is 1. The van der Waals surface area contributed by atoms with Gasteiger partial charge in [0.05, 0.1) is 5.69 Å². The normalized spacial score (nSPS) is 10.1. The fraction of sp³-hybridized carbons (Fsp3) is 0.133. The third kappa shape index (κ3) is 3.99. The van der Waals surface area contributed by atoms with Crippen LogP contribution in [0.25, 0.3) is 0 Å². The number of nitrogens with two attached hydrogens (primary N) is 1. The Labute approximate surface area is 126 Å². The van der Waals surface area contributed by atoms with Crippen molar-refractivity contribution in [2.45, 2.75) is 6.92 Å². The first kappa shape index (κ1) is 14.4.